The first-order chi connectivity index (χ1) is 14.7. The molecule has 0 aliphatic heterocycles. The second kappa shape index (κ2) is 7.21. The Labute approximate surface area is 171 Å². The molecule has 30 heavy (non-hydrogen) atoms. The fraction of sp³-hybridized carbons (Fsp3) is 0. The minimum atomic E-state index is -0.202. The third-order valence-electron chi connectivity index (χ3n) is 4.78. The Morgan fingerprint density at radius 2 is 1.80 bits per heavy atom. The third-order valence-corrected chi connectivity index (χ3v) is 4.78. The van der Waals surface area contributed by atoms with Gasteiger partial charge in [0.05, 0.1) is 29.3 Å². The van der Waals surface area contributed by atoms with Gasteiger partial charge in [0.25, 0.3) is 0 Å². The van der Waals surface area contributed by atoms with Crippen LogP contribution in [0.5, 0.6) is 11.5 Å². The fourth-order valence-electron chi connectivity index (χ4n) is 3.28. The lowest BCUT2D eigenvalue weighted by atomic mass is 10.1. The van der Waals surface area contributed by atoms with E-state index in [1.807, 2.05) is 60.7 Å². The Bertz CT molecular complexity index is 1300. The summed E-state index contributed by atoms with van der Waals surface area (Å²) in [5, 5.41) is 5.27. The van der Waals surface area contributed by atoms with Crippen molar-refractivity contribution in [2.75, 3.05) is 5.73 Å². The largest absolute Gasteiger partial charge is 0.456 e. The maximum absolute atomic E-state index is 12.9. The smallest absolute Gasteiger partial charge is 0.214 e. The summed E-state index contributed by atoms with van der Waals surface area (Å²) in [5.41, 5.74) is 8.70. The Balaban J connectivity index is 1.40. The van der Waals surface area contributed by atoms with E-state index >= 15 is 0 Å². The first-order valence-electron chi connectivity index (χ1n) is 9.33. The zero-order valence-corrected chi connectivity index (χ0v) is 15.8. The molecule has 3 N–H and O–H groups in total. The first-order valence-corrected chi connectivity index (χ1v) is 9.33. The summed E-state index contributed by atoms with van der Waals surface area (Å²) in [6, 6.07) is 20.4. The minimum absolute atomic E-state index is 0.202. The molecule has 7 heteroatoms. The average molecular weight is 395 g/mol. The zero-order chi connectivity index (χ0) is 20.5. The summed E-state index contributed by atoms with van der Waals surface area (Å²) in [6.07, 6.45) is 4.82. The summed E-state index contributed by atoms with van der Waals surface area (Å²) < 4.78 is 7.28. The van der Waals surface area contributed by atoms with Crippen LogP contribution in [0.2, 0.25) is 0 Å². The summed E-state index contributed by atoms with van der Waals surface area (Å²) in [4.78, 5) is 20.1. The molecule has 5 aromatic rings. The van der Waals surface area contributed by atoms with Crippen molar-refractivity contribution in [3.8, 4) is 17.2 Å². The number of fused-ring (bicyclic) bond motifs is 1. The Morgan fingerprint density at radius 1 is 0.967 bits per heavy atom. The molecule has 3 heterocycles. The third kappa shape index (κ3) is 3.18. The number of aromatic amines is 1. The number of hydrogen-bond acceptors (Lipinski definition) is 5. The van der Waals surface area contributed by atoms with Crippen LogP contribution in [-0.2, 0) is 0 Å². The van der Waals surface area contributed by atoms with Crippen LogP contribution in [0.3, 0.4) is 0 Å². The number of nitrogens with zero attached hydrogens (tertiary/aromatic N) is 3. The number of rotatable bonds is 5. The van der Waals surface area contributed by atoms with Crippen LogP contribution in [0.25, 0.3) is 16.6 Å². The van der Waals surface area contributed by atoms with Gasteiger partial charge in [0, 0.05) is 17.1 Å². The van der Waals surface area contributed by atoms with Crippen molar-refractivity contribution in [3.05, 3.63) is 96.6 Å². The molecule has 5 rings (SSSR count). The number of ether oxygens (including phenoxy) is 1. The van der Waals surface area contributed by atoms with E-state index in [0.717, 1.165) is 16.6 Å². The highest BCUT2D eigenvalue weighted by Gasteiger charge is 2.19. The molecule has 0 saturated carbocycles. The summed E-state index contributed by atoms with van der Waals surface area (Å²) >= 11 is 0. The SMILES string of the molecule is Nc1c(C(=O)c2cc3ccccc3[nH]2)cnn1-c1ccc(Oc2cccnc2)cc1. The maximum Gasteiger partial charge on any atom is 0.214 e. The maximum atomic E-state index is 12.9. The number of nitrogen functional groups attached to an aromatic ring is 1. The number of hydrogen-bond donors (Lipinski definition) is 2. The van der Waals surface area contributed by atoms with Crippen LogP contribution in [0.4, 0.5) is 5.82 Å². The standard InChI is InChI=1S/C23H17N5O2/c24-23-19(22(29)21-12-15-4-1-2-6-20(15)27-21)14-26-28(23)16-7-9-17(10-8-16)30-18-5-3-11-25-13-18/h1-14,27H,24H2. The average Bonchev–Trinajstić information content (AvgIpc) is 3.38. The molecular formula is C23H17N5O2. The van der Waals surface area contributed by atoms with Crippen LogP contribution in [0, 0.1) is 0 Å². The first kappa shape index (κ1) is 17.7. The molecule has 7 nitrogen and oxygen atoms in total. The van der Waals surface area contributed by atoms with Gasteiger partial charge in [-0.2, -0.15) is 5.10 Å². The minimum Gasteiger partial charge on any atom is -0.456 e. The highest BCUT2D eigenvalue weighted by atomic mass is 16.5. The van der Waals surface area contributed by atoms with Crippen LogP contribution in [0.15, 0.2) is 85.3 Å². The number of nitrogens with two attached hydrogens (primary N) is 1. The van der Waals surface area contributed by atoms with Crippen LogP contribution >= 0.6 is 0 Å². The van der Waals surface area contributed by atoms with E-state index < -0.39 is 0 Å². The molecule has 0 aliphatic carbocycles. The number of anilines is 1. The molecule has 2 aromatic carbocycles. The van der Waals surface area contributed by atoms with Crippen molar-refractivity contribution in [1.29, 1.82) is 0 Å². The molecule has 0 bridgehead atoms. The topological polar surface area (TPSA) is 98.8 Å². The van der Waals surface area contributed by atoms with E-state index in [4.69, 9.17) is 10.5 Å². The molecule has 0 saturated heterocycles. The molecule has 0 amide bonds. The van der Waals surface area contributed by atoms with Crippen molar-refractivity contribution in [1.82, 2.24) is 19.7 Å². The number of para-hydroxylation sites is 1. The van der Waals surface area contributed by atoms with Gasteiger partial charge in [-0.3, -0.25) is 9.78 Å². The lowest BCUT2D eigenvalue weighted by Crippen LogP contribution is -2.07. The molecular weight excluding hydrogens is 378 g/mol. The van der Waals surface area contributed by atoms with Gasteiger partial charge in [-0.25, -0.2) is 4.68 Å². The molecule has 0 spiro atoms. The van der Waals surface area contributed by atoms with Crippen molar-refractivity contribution in [3.63, 3.8) is 0 Å². The van der Waals surface area contributed by atoms with E-state index in [0.29, 0.717) is 22.8 Å². The van der Waals surface area contributed by atoms with E-state index in [1.54, 1.807) is 18.5 Å². The Hall–Kier alpha value is -4.39. The normalized spacial score (nSPS) is 10.9. The fourth-order valence-corrected chi connectivity index (χ4v) is 3.28. The second-order valence-corrected chi connectivity index (χ2v) is 6.74. The Kier molecular flexibility index (Phi) is 4.25. The van der Waals surface area contributed by atoms with Gasteiger partial charge in [0.2, 0.25) is 5.78 Å². The predicted octanol–water partition coefficient (Wildman–Crippen LogP) is 4.35. The van der Waals surface area contributed by atoms with Crippen molar-refractivity contribution in [2.24, 2.45) is 0 Å². The van der Waals surface area contributed by atoms with E-state index in [2.05, 4.69) is 15.1 Å². The monoisotopic (exact) mass is 395 g/mol. The number of nitrogens with one attached hydrogen (secondary N) is 1. The Morgan fingerprint density at radius 3 is 2.57 bits per heavy atom. The van der Waals surface area contributed by atoms with Gasteiger partial charge in [0.1, 0.15) is 17.3 Å². The number of carbonyl (C=O) groups is 1. The van der Waals surface area contributed by atoms with Crippen molar-refractivity contribution in [2.45, 2.75) is 0 Å². The highest BCUT2D eigenvalue weighted by Crippen LogP contribution is 2.25. The van der Waals surface area contributed by atoms with Crippen LogP contribution < -0.4 is 10.5 Å². The number of ketones is 1. The zero-order valence-electron chi connectivity index (χ0n) is 15.8. The van der Waals surface area contributed by atoms with E-state index in [1.165, 1.54) is 10.9 Å². The number of pyridine rings is 1. The molecule has 0 radical (unpaired) electrons. The van der Waals surface area contributed by atoms with Crippen LogP contribution in [-0.4, -0.2) is 25.5 Å². The van der Waals surface area contributed by atoms with Gasteiger partial charge in [-0.05, 0) is 48.5 Å². The molecule has 0 atom stereocenters. The summed E-state index contributed by atoms with van der Waals surface area (Å²) in [5.74, 6) is 1.38. The number of H-pyrrole nitrogens is 1. The van der Waals surface area contributed by atoms with Gasteiger partial charge < -0.3 is 15.5 Å². The van der Waals surface area contributed by atoms with E-state index in [9.17, 15) is 4.79 Å². The lowest BCUT2D eigenvalue weighted by molar-refractivity contribution is 0.103. The lowest BCUT2D eigenvalue weighted by Gasteiger charge is -2.08. The quantitative estimate of drug-likeness (QED) is 0.431. The summed E-state index contributed by atoms with van der Waals surface area (Å²) in [6.45, 7) is 0. The molecule has 0 fully saturated rings. The van der Waals surface area contributed by atoms with Gasteiger partial charge in [-0.15, -0.1) is 0 Å². The van der Waals surface area contributed by atoms with Crippen LogP contribution in [0.1, 0.15) is 16.1 Å². The predicted molar refractivity (Wildman–Crippen MR) is 114 cm³/mol. The molecule has 0 aliphatic rings. The summed E-state index contributed by atoms with van der Waals surface area (Å²) in [7, 11) is 0. The van der Waals surface area contributed by atoms with Gasteiger partial charge >= 0.3 is 0 Å². The van der Waals surface area contributed by atoms with Crippen molar-refractivity contribution < 1.29 is 9.53 Å². The second-order valence-electron chi connectivity index (χ2n) is 6.74. The van der Waals surface area contributed by atoms with Crippen molar-refractivity contribution >= 4 is 22.5 Å². The van der Waals surface area contributed by atoms with Gasteiger partial charge in [-0.1, -0.05) is 18.2 Å². The molecule has 146 valence electrons. The number of aromatic nitrogens is 4. The number of carbonyl (C=O) groups excluding carboxylic acids is 1. The number of benzene rings is 2. The molecule has 0 unspecified atom stereocenters. The molecule has 3 aromatic heterocycles. The van der Waals surface area contributed by atoms with E-state index in [-0.39, 0.29) is 11.6 Å². The highest BCUT2D eigenvalue weighted by molar-refractivity contribution is 6.12. The van der Waals surface area contributed by atoms with Gasteiger partial charge in [0.15, 0.2) is 0 Å².